The van der Waals surface area contributed by atoms with E-state index in [-0.39, 0.29) is 12.2 Å². The Kier molecular flexibility index (Phi) is 4.71. The van der Waals surface area contributed by atoms with Crippen LogP contribution in [0.1, 0.15) is 17.0 Å². The van der Waals surface area contributed by atoms with Gasteiger partial charge in [0.15, 0.2) is 11.5 Å². The molecule has 0 spiro atoms. The van der Waals surface area contributed by atoms with Crippen molar-refractivity contribution >= 4 is 5.82 Å². The number of nitrogens with zero attached hydrogens (tertiary/aromatic N) is 2. The van der Waals surface area contributed by atoms with Crippen LogP contribution in [0.15, 0.2) is 23.0 Å². The molecule has 24 heavy (non-hydrogen) atoms. The largest absolute Gasteiger partial charge is 0.493 e. The van der Waals surface area contributed by atoms with Gasteiger partial charge in [-0.2, -0.15) is 0 Å². The van der Waals surface area contributed by atoms with Gasteiger partial charge in [0.2, 0.25) is 0 Å². The van der Waals surface area contributed by atoms with E-state index in [4.69, 9.17) is 14.2 Å². The van der Waals surface area contributed by atoms with Crippen LogP contribution in [0.25, 0.3) is 0 Å². The molecule has 1 aliphatic heterocycles. The van der Waals surface area contributed by atoms with Gasteiger partial charge in [0.25, 0.3) is 5.56 Å². The summed E-state index contributed by atoms with van der Waals surface area (Å²) in [7, 11) is 4.83. The Morgan fingerprint density at radius 2 is 1.83 bits per heavy atom. The molecule has 2 heterocycles. The molecule has 0 unspecified atom stereocenters. The molecule has 7 heteroatoms. The molecule has 0 saturated heterocycles. The monoisotopic (exact) mass is 331 g/mol. The molecule has 1 aliphatic rings. The SMILES string of the molecule is COCc1nc(N2CCc3cc(OC)c(OC)cc3C2)cc(=O)[nH]1. The first-order chi connectivity index (χ1) is 11.6. The first kappa shape index (κ1) is 16.3. The molecule has 0 amide bonds. The molecule has 0 fully saturated rings. The van der Waals surface area contributed by atoms with Gasteiger partial charge in [-0.1, -0.05) is 0 Å². The van der Waals surface area contributed by atoms with Crippen LogP contribution in [-0.2, 0) is 24.3 Å². The molecule has 0 aliphatic carbocycles. The number of methoxy groups -OCH3 is 3. The summed E-state index contributed by atoms with van der Waals surface area (Å²) < 4.78 is 15.8. The summed E-state index contributed by atoms with van der Waals surface area (Å²) in [5, 5.41) is 0. The number of aromatic amines is 1. The highest BCUT2D eigenvalue weighted by Crippen LogP contribution is 2.33. The third-order valence-electron chi connectivity index (χ3n) is 4.10. The Bertz CT molecular complexity index is 788. The topological polar surface area (TPSA) is 76.7 Å². The van der Waals surface area contributed by atoms with E-state index in [1.807, 2.05) is 12.1 Å². The fourth-order valence-corrected chi connectivity index (χ4v) is 2.94. The predicted molar refractivity (Wildman–Crippen MR) is 89.9 cm³/mol. The second kappa shape index (κ2) is 6.92. The highest BCUT2D eigenvalue weighted by Gasteiger charge is 2.21. The smallest absolute Gasteiger partial charge is 0.253 e. The van der Waals surface area contributed by atoms with Crippen LogP contribution in [0.4, 0.5) is 5.82 Å². The van der Waals surface area contributed by atoms with Gasteiger partial charge >= 0.3 is 0 Å². The molecular weight excluding hydrogens is 310 g/mol. The van der Waals surface area contributed by atoms with Gasteiger partial charge in [-0.05, 0) is 29.7 Å². The highest BCUT2D eigenvalue weighted by atomic mass is 16.5. The van der Waals surface area contributed by atoms with Crippen molar-refractivity contribution in [3.63, 3.8) is 0 Å². The van der Waals surface area contributed by atoms with Crippen molar-refractivity contribution in [2.45, 2.75) is 19.6 Å². The molecule has 2 aromatic rings. The molecule has 0 atom stereocenters. The fraction of sp³-hybridized carbons (Fsp3) is 0.412. The number of anilines is 1. The molecule has 7 nitrogen and oxygen atoms in total. The number of rotatable bonds is 5. The average Bonchev–Trinajstić information content (AvgIpc) is 2.59. The zero-order valence-corrected chi connectivity index (χ0v) is 14.1. The number of hydrogen-bond donors (Lipinski definition) is 1. The molecule has 3 rings (SSSR count). The maximum absolute atomic E-state index is 11.8. The summed E-state index contributed by atoms with van der Waals surface area (Å²) >= 11 is 0. The quantitative estimate of drug-likeness (QED) is 0.895. The average molecular weight is 331 g/mol. The Hall–Kier alpha value is -2.54. The number of ether oxygens (including phenoxy) is 3. The normalized spacial score (nSPS) is 13.5. The number of aromatic nitrogens is 2. The van der Waals surface area contributed by atoms with Gasteiger partial charge in [-0.3, -0.25) is 4.79 Å². The zero-order chi connectivity index (χ0) is 17.1. The molecule has 0 saturated carbocycles. The van der Waals surface area contributed by atoms with Gasteiger partial charge in [0.05, 0.1) is 14.2 Å². The molecule has 1 aromatic carbocycles. The van der Waals surface area contributed by atoms with E-state index in [1.54, 1.807) is 21.3 Å². The van der Waals surface area contributed by atoms with E-state index in [2.05, 4.69) is 14.9 Å². The van der Waals surface area contributed by atoms with Crippen molar-refractivity contribution in [1.82, 2.24) is 9.97 Å². The second-order valence-corrected chi connectivity index (χ2v) is 5.63. The zero-order valence-electron chi connectivity index (χ0n) is 14.1. The third kappa shape index (κ3) is 3.21. The van der Waals surface area contributed by atoms with Crippen molar-refractivity contribution < 1.29 is 14.2 Å². The van der Waals surface area contributed by atoms with E-state index in [1.165, 1.54) is 11.6 Å². The van der Waals surface area contributed by atoms with Crippen molar-refractivity contribution in [1.29, 1.82) is 0 Å². The standard InChI is InChI=1S/C17H21N3O4/c1-22-10-15-18-16(8-17(21)19-15)20-5-4-11-6-13(23-2)14(24-3)7-12(11)9-20/h6-8H,4-5,9-10H2,1-3H3,(H,18,19,21). The van der Waals surface area contributed by atoms with Crippen LogP contribution < -0.4 is 19.9 Å². The van der Waals surface area contributed by atoms with E-state index >= 15 is 0 Å². The summed E-state index contributed by atoms with van der Waals surface area (Å²) in [6, 6.07) is 5.53. The lowest BCUT2D eigenvalue weighted by Crippen LogP contribution is -2.32. The summed E-state index contributed by atoms with van der Waals surface area (Å²) in [4.78, 5) is 21.1. The Labute approximate surface area is 140 Å². The summed E-state index contributed by atoms with van der Waals surface area (Å²) in [6.45, 7) is 1.72. The van der Waals surface area contributed by atoms with Crippen LogP contribution in [0.2, 0.25) is 0 Å². The van der Waals surface area contributed by atoms with Crippen LogP contribution in [-0.4, -0.2) is 37.8 Å². The minimum atomic E-state index is -0.176. The Balaban J connectivity index is 1.91. The summed E-state index contributed by atoms with van der Waals surface area (Å²) in [5.41, 5.74) is 2.20. The molecule has 0 radical (unpaired) electrons. The predicted octanol–water partition coefficient (Wildman–Crippen LogP) is 1.50. The van der Waals surface area contributed by atoms with Crippen molar-refractivity contribution in [2.75, 3.05) is 32.8 Å². The minimum Gasteiger partial charge on any atom is -0.493 e. The number of hydrogen-bond acceptors (Lipinski definition) is 6. The maximum atomic E-state index is 11.8. The van der Waals surface area contributed by atoms with Crippen LogP contribution >= 0.6 is 0 Å². The minimum absolute atomic E-state index is 0.176. The fourth-order valence-electron chi connectivity index (χ4n) is 2.94. The lowest BCUT2D eigenvalue weighted by atomic mass is 9.99. The van der Waals surface area contributed by atoms with Gasteiger partial charge in [0.1, 0.15) is 18.2 Å². The Morgan fingerprint density at radius 3 is 2.50 bits per heavy atom. The van der Waals surface area contributed by atoms with E-state index in [9.17, 15) is 4.79 Å². The van der Waals surface area contributed by atoms with Gasteiger partial charge < -0.3 is 24.1 Å². The lowest BCUT2D eigenvalue weighted by Gasteiger charge is -2.30. The van der Waals surface area contributed by atoms with Crippen molar-refractivity contribution in [3.8, 4) is 11.5 Å². The highest BCUT2D eigenvalue weighted by molar-refractivity contribution is 5.51. The van der Waals surface area contributed by atoms with Crippen LogP contribution in [0.3, 0.4) is 0 Å². The Morgan fingerprint density at radius 1 is 1.12 bits per heavy atom. The third-order valence-corrected chi connectivity index (χ3v) is 4.10. The van der Waals surface area contributed by atoms with E-state index in [0.717, 1.165) is 24.3 Å². The summed E-state index contributed by atoms with van der Waals surface area (Å²) in [5.74, 6) is 2.63. The molecule has 1 aromatic heterocycles. The first-order valence-corrected chi connectivity index (χ1v) is 7.72. The molecule has 128 valence electrons. The number of fused-ring (bicyclic) bond motifs is 1. The van der Waals surface area contributed by atoms with Gasteiger partial charge in [-0.15, -0.1) is 0 Å². The van der Waals surface area contributed by atoms with Crippen LogP contribution in [0.5, 0.6) is 11.5 Å². The lowest BCUT2D eigenvalue weighted by molar-refractivity contribution is 0.177. The summed E-state index contributed by atoms with van der Waals surface area (Å²) in [6.07, 6.45) is 0.851. The first-order valence-electron chi connectivity index (χ1n) is 7.72. The number of H-pyrrole nitrogens is 1. The van der Waals surface area contributed by atoms with E-state index < -0.39 is 0 Å². The molecule has 0 bridgehead atoms. The molecule has 1 N–H and O–H groups in total. The van der Waals surface area contributed by atoms with Gasteiger partial charge in [0, 0.05) is 26.3 Å². The molecular formula is C17H21N3O4. The number of nitrogens with one attached hydrogen (secondary N) is 1. The van der Waals surface area contributed by atoms with Crippen molar-refractivity contribution in [3.05, 3.63) is 45.5 Å². The number of benzene rings is 1. The van der Waals surface area contributed by atoms with E-state index in [0.29, 0.717) is 23.9 Å². The maximum Gasteiger partial charge on any atom is 0.253 e. The second-order valence-electron chi connectivity index (χ2n) is 5.63. The van der Waals surface area contributed by atoms with Crippen molar-refractivity contribution in [2.24, 2.45) is 0 Å². The van der Waals surface area contributed by atoms with Gasteiger partial charge in [-0.25, -0.2) is 4.98 Å². The van der Waals surface area contributed by atoms with Crippen LogP contribution in [0, 0.1) is 0 Å².